The lowest BCUT2D eigenvalue weighted by Crippen LogP contribution is -1.74. The highest BCUT2D eigenvalue weighted by Crippen LogP contribution is 2.30. The van der Waals surface area contributed by atoms with E-state index < -0.39 is 0 Å². The molecule has 62 valence electrons. The topological polar surface area (TPSA) is 12.9 Å². The summed E-state index contributed by atoms with van der Waals surface area (Å²) in [5.74, 6) is 0. The number of hydrogen-bond acceptors (Lipinski definition) is 2. The Bertz CT molecular complexity index is 436. The lowest BCUT2D eigenvalue weighted by Gasteiger charge is -1.92. The van der Waals surface area contributed by atoms with Gasteiger partial charge in [-0.3, -0.25) is 0 Å². The minimum absolute atomic E-state index is 0.453. The zero-order chi connectivity index (χ0) is 8.72. The molecular weight excluding hydrogens is 213 g/mol. The quantitative estimate of drug-likeness (QED) is 0.611. The summed E-state index contributed by atoms with van der Waals surface area (Å²) in [4.78, 5) is 6.26. The Morgan fingerprint density at radius 1 is 1.33 bits per heavy atom. The van der Waals surface area contributed by atoms with Crippen LogP contribution in [-0.4, -0.2) is 4.98 Å². The van der Waals surface area contributed by atoms with E-state index in [1.807, 2.05) is 13.0 Å². The first-order valence-corrected chi connectivity index (χ1v) is 4.96. The third kappa shape index (κ3) is 1.30. The van der Waals surface area contributed by atoms with Crippen molar-refractivity contribution in [2.45, 2.75) is 6.92 Å². The van der Waals surface area contributed by atoms with Gasteiger partial charge in [-0.15, -0.1) is 11.3 Å². The first-order chi connectivity index (χ1) is 5.66. The van der Waals surface area contributed by atoms with Crippen LogP contribution < -0.4 is 0 Å². The number of aromatic nitrogens is 1. The van der Waals surface area contributed by atoms with Crippen molar-refractivity contribution < 1.29 is 0 Å². The van der Waals surface area contributed by atoms with Gasteiger partial charge in [-0.2, -0.15) is 0 Å². The molecule has 0 radical (unpaired) electrons. The van der Waals surface area contributed by atoms with E-state index in [0.29, 0.717) is 10.2 Å². The largest absolute Gasteiger partial charge is 0.225 e. The molecule has 0 aliphatic carbocycles. The highest BCUT2D eigenvalue weighted by Gasteiger charge is 2.05. The van der Waals surface area contributed by atoms with Crippen LogP contribution in [0.1, 0.15) is 4.88 Å². The lowest BCUT2D eigenvalue weighted by molar-refractivity contribution is 1.44. The van der Waals surface area contributed by atoms with Gasteiger partial charge in [0.15, 0.2) is 0 Å². The second-order valence-corrected chi connectivity index (χ2v) is 4.53. The number of halogens is 2. The molecule has 2 rings (SSSR count). The minimum Gasteiger partial charge on any atom is -0.225 e. The maximum atomic E-state index is 5.96. The number of fused-ring (bicyclic) bond motifs is 1. The second kappa shape index (κ2) is 2.87. The van der Waals surface area contributed by atoms with Crippen molar-refractivity contribution in [3.8, 4) is 0 Å². The number of thiophene rings is 1. The molecule has 0 spiro atoms. The Morgan fingerprint density at radius 2 is 2.08 bits per heavy atom. The fraction of sp³-hybridized carbons (Fsp3) is 0.125. The van der Waals surface area contributed by atoms with Gasteiger partial charge in [-0.25, -0.2) is 4.98 Å². The second-order valence-electron chi connectivity index (χ2n) is 2.50. The fourth-order valence-corrected chi connectivity index (χ4v) is 2.58. The van der Waals surface area contributed by atoms with E-state index >= 15 is 0 Å². The van der Waals surface area contributed by atoms with E-state index in [9.17, 15) is 0 Å². The number of nitrogens with zero attached hydrogens (tertiary/aromatic N) is 1. The molecule has 2 heterocycles. The zero-order valence-electron chi connectivity index (χ0n) is 6.27. The molecule has 2 aromatic heterocycles. The van der Waals surface area contributed by atoms with Gasteiger partial charge in [0.2, 0.25) is 0 Å². The molecular formula is C8H5Cl2NS. The Labute approximate surface area is 83.9 Å². The summed E-state index contributed by atoms with van der Waals surface area (Å²) in [6.07, 6.45) is 0. The van der Waals surface area contributed by atoms with Crippen LogP contribution in [0.4, 0.5) is 0 Å². The van der Waals surface area contributed by atoms with Gasteiger partial charge in [-0.05, 0) is 19.1 Å². The maximum Gasteiger partial charge on any atom is 0.132 e. The molecule has 0 fully saturated rings. The summed E-state index contributed by atoms with van der Waals surface area (Å²) in [5.41, 5.74) is 0. The molecule has 0 bridgehead atoms. The van der Waals surface area contributed by atoms with Crippen molar-refractivity contribution in [2.75, 3.05) is 0 Å². The van der Waals surface area contributed by atoms with Crippen LogP contribution in [0.15, 0.2) is 12.1 Å². The minimum atomic E-state index is 0.453. The fourth-order valence-electron chi connectivity index (χ4n) is 1.07. The van der Waals surface area contributed by atoms with Crippen LogP contribution >= 0.6 is 34.5 Å². The molecule has 2 aromatic rings. The average Bonchev–Trinajstić information content (AvgIpc) is 2.29. The molecule has 12 heavy (non-hydrogen) atoms. The number of rotatable bonds is 0. The van der Waals surface area contributed by atoms with Crippen molar-refractivity contribution in [1.29, 1.82) is 0 Å². The number of aryl methyl sites for hydroxylation is 1. The third-order valence-corrected chi connectivity index (χ3v) is 3.00. The summed E-state index contributed by atoms with van der Waals surface area (Å²) in [6, 6.07) is 3.68. The molecule has 4 heteroatoms. The van der Waals surface area contributed by atoms with Gasteiger partial charge in [0.05, 0.1) is 5.02 Å². The van der Waals surface area contributed by atoms with Crippen LogP contribution in [0.5, 0.6) is 0 Å². The third-order valence-electron chi connectivity index (χ3n) is 1.55. The maximum absolute atomic E-state index is 5.96. The van der Waals surface area contributed by atoms with Crippen molar-refractivity contribution in [2.24, 2.45) is 0 Å². The summed E-state index contributed by atoms with van der Waals surface area (Å²) in [7, 11) is 0. The lowest BCUT2D eigenvalue weighted by atomic mass is 10.3. The summed E-state index contributed by atoms with van der Waals surface area (Å²) < 4.78 is 0. The Kier molecular flexibility index (Phi) is 1.99. The summed E-state index contributed by atoms with van der Waals surface area (Å²) in [5, 5.41) is 2.12. The Balaban J connectivity index is 2.88. The van der Waals surface area contributed by atoms with Crippen LogP contribution in [0.3, 0.4) is 0 Å². The summed E-state index contributed by atoms with van der Waals surface area (Å²) >= 11 is 13.3. The van der Waals surface area contributed by atoms with Gasteiger partial charge in [0.1, 0.15) is 9.98 Å². The van der Waals surface area contributed by atoms with E-state index in [-0.39, 0.29) is 0 Å². The highest BCUT2D eigenvalue weighted by molar-refractivity contribution is 7.18. The molecule has 0 aliphatic rings. The molecule has 0 aromatic carbocycles. The van der Waals surface area contributed by atoms with E-state index in [0.717, 1.165) is 10.2 Å². The standard InChI is InChI=1S/C8H5Cl2NS/c1-4-2-5-6(9)3-7(10)11-8(5)12-4/h2-3H,1H3. The molecule has 0 aliphatic heterocycles. The molecule has 1 nitrogen and oxygen atoms in total. The van der Waals surface area contributed by atoms with Crippen LogP contribution in [-0.2, 0) is 0 Å². The van der Waals surface area contributed by atoms with Gasteiger partial charge < -0.3 is 0 Å². The van der Waals surface area contributed by atoms with Crippen molar-refractivity contribution in [3.05, 3.63) is 27.2 Å². The number of pyridine rings is 1. The van der Waals surface area contributed by atoms with Gasteiger partial charge >= 0.3 is 0 Å². The molecule has 0 unspecified atom stereocenters. The monoisotopic (exact) mass is 217 g/mol. The van der Waals surface area contributed by atoms with Crippen LogP contribution in [0.25, 0.3) is 10.2 Å². The van der Waals surface area contributed by atoms with Crippen molar-refractivity contribution >= 4 is 44.8 Å². The van der Waals surface area contributed by atoms with Gasteiger partial charge in [-0.1, -0.05) is 23.2 Å². The van der Waals surface area contributed by atoms with E-state index in [1.165, 1.54) is 4.88 Å². The van der Waals surface area contributed by atoms with Crippen molar-refractivity contribution in [3.63, 3.8) is 0 Å². The highest BCUT2D eigenvalue weighted by atomic mass is 35.5. The Morgan fingerprint density at radius 3 is 2.83 bits per heavy atom. The number of hydrogen-bond donors (Lipinski definition) is 0. The zero-order valence-corrected chi connectivity index (χ0v) is 8.59. The van der Waals surface area contributed by atoms with E-state index in [2.05, 4.69) is 4.98 Å². The first kappa shape index (κ1) is 8.30. The SMILES string of the molecule is Cc1cc2c(Cl)cc(Cl)nc2s1. The average molecular weight is 218 g/mol. The molecule has 0 atom stereocenters. The molecule has 0 N–H and O–H groups in total. The molecule has 0 saturated carbocycles. The van der Waals surface area contributed by atoms with Crippen molar-refractivity contribution in [1.82, 2.24) is 4.98 Å². The predicted octanol–water partition coefficient (Wildman–Crippen LogP) is 3.91. The molecule has 0 saturated heterocycles. The Hall–Kier alpha value is -0.310. The van der Waals surface area contributed by atoms with E-state index in [4.69, 9.17) is 23.2 Å². The smallest absolute Gasteiger partial charge is 0.132 e. The van der Waals surface area contributed by atoms with Gasteiger partial charge in [0, 0.05) is 10.3 Å². The van der Waals surface area contributed by atoms with Gasteiger partial charge in [0.25, 0.3) is 0 Å². The normalized spacial score (nSPS) is 10.9. The van der Waals surface area contributed by atoms with Crippen LogP contribution in [0, 0.1) is 6.92 Å². The predicted molar refractivity (Wildman–Crippen MR) is 54.4 cm³/mol. The molecule has 0 amide bonds. The first-order valence-electron chi connectivity index (χ1n) is 3.39. The van der Waals surface area contributed by atoms with Crippen LogP contribution in [0.2, 0.25) is 10.2 Å². The summed E-state index contributed by atoms with van der Waals surface area (Å²) in [6.45, 7) is 2.02. The van der Waals surface area contributed by atoms with E-state index in [1.54, 1.807) is 17.4 Å².